The van der Waals surface area contributed by atoms with Crippen LogP contribution in [0.5, 0.6) is 0 Å². The van der Waals surface area contributed by atoms with Gasteiger partial charge in [0.25, 0.3) is 0 Å². The van der Waals surface area contributed by atoms with Crippen LogP contribution in [0.3, 0.4) is 0 Å². The summed E-state index contributed by atoms with van der Waals surface area (Å²) < 4.78 is 35.5. The zero-order valence-electron chi connectivity index (χ0n) is 17.9. The molecule has 1 aliphatic rings. The average molecular weight is 474 g/mol. The van der Waals surface area contributed by atoms with Crippen molar-refractivity contribution in [2.24, 2.45) is 7.05 Å². The van der Waals surface area contributed by atoms with Crippen molar-refractivity contribution >= 4 is 27.4 Å². The van der Waals surface area contributed by atoms with Gasteiger partial charge in [-0.2, -0.15) is 9.40 Å². The van der Waals surface area contributed by atoms with Gasteiger partial charge >= 0.3 is 0 Å². The number of ketones is 1. The molecule has 0 saturated heterocycles. The quantitative estimate of drug-likeness (QED) is 0.488. The van der Waals surface area contributed by atoms with Crippen LogP contribution in [-0.4, -0.2) is 34.8 Å². The SMILES string of the molecule is CC(=O)c1ccc(S(=O)(=O)N2CCc3c(c(COCc4ccc(Cl)cc4)nn3C)C2)cc1. The van der Waals surface area contributed by atoms with E-state index in [0.717, 1.165) is 22.5 Å². The highest BCUT2D eigenvalue weighted by Gasteiger charge is 2.32. The summed E-state index contributed by atoms with van der Waals surface area (Å²) in [7, 11) is -1.82. The Balaban J connectivity index is 1.49. The highest BCUT2D eigenvalue weighted by molar-refractivity contribution is 7.89. The van der Waals surface area contributed by atoms with E-state index in [-0.39, 0.29) is 23.8 Å². The minimum absolute atomic E-state index is 0.102. The number of nitrogens with zero attached hydrogens (tertiary/aromatic N) is 3. The molecule has 4 rings (SSSR count). The van der Waals surface area contributed by atoms with Gasteiger partial charge in [-0.15, -0.1) is 0 Å². The average Bonchev–Trinajstić information content (AvgIpc) is 3.10. The van der Waals surface area contributed by atoms with Crippen LogP contribution in [0, 0.1) is 0 Å². The zero-order valence-corrected chi connectivity index (χ0v) is 19.5. The fourth-order valence-electron chi connectivity index (χ4n) is 3.82. The number of sulfonamides is 1. The number of Topliss-reactive ketones (excluding diaryl/α,β-unsaturated/α-hetero) is 1. The molecule has 0 N–H and O–H groups in total. The van der Waals surface area contributed by atoms with Crippen LogP contribution < -0.4 is 0 Å². The molecule has 2 aromatic carbocycles. The molecule has 7 nitrogen and oxygen atoms in total. The maximum Gasteiger partial charge on any atom is 0.243 e. The molecule has 32 heavy (non-hydrogen) atoms. The third-order valence-electron chi connectivity index (χ3n) is 5.61. The van der Waals surface area contributed by atoms with Crippen LogP contribution in [0.2, 0.25) is 5.02 Å². The Kier molecular flexibility index (Phi) is 6.48. The van der Waals surface area contributed by atoms with E-state index in [1.807, 2.05) is 36.0 Å². The second-order valence-corrected chi connectivity index (χ2v) is 10.2. The van der Waals surface area contributed by atoms with E-state index in [1.165, 1.54) is 23.4 Å². The molecule has 1 aromatic heterocycles. The largest absolute Gasteiger partial charge is 0.370 e. The molecule has 0 atom stereocenters. The van der Waals surface area contributed by atoms with Gasteiger partial charge in [-0.25, -0.2) is 8.42 Å². The number of hydrogen-bond acceptors (Lipinski definition) is 5. The maximum atomic E-state index is 13.2. The maximum absolute atomic E-state index is 13.2. The van der Waals surface area contributed by atoms with Crippen LogP contribution >= 0.6 is 11.6 Å². The summed E-state index contributed by atoms with van der Waals surface area (Å²) in [4.78, 5) is 11.7. The first-order valence-corrected chi connectivity index (χ1v) is 12.0. The molecule has 1 aliphatic heterocycles. The molecule has 0 radical (unpaired) electrons. The predicted octanol–water partition coefficient (Wildman–Crippen LogP) is 3.74. The molecule has 3 aromatic rings. The van der Waals surface area contributed by atoms with E-state index < -0.39 is 10.0 Å². The van der Waals surface area contributed by atoms with Gasteiger partial charge in [0, 0.05) is 48.4 Å². The number of carbonyl (C=O) groups is 1. The lowest BCUT2D eigenvalue weighted by molar-refractivity contribution is 0.101. The lowest BCUT2D eigenvalue weighted by Gasteiger charge is -2.27. The van der Waals surface area contributed by atoms with E-state index in [2.05, 4.69) is 5.10 Å². The molecule has 0 fully saturated rings. The Morgan fingerprint density at radius 1 is 1.09 bits per heavy atom. The predicted molar refractivity (Wildman–Crippen MR) is 121 cm³/mol. The summed E-state index contributed by atoms with van der Waals surface area (Å²) in [6, 6.07) is 13.5. The Bertz CT molecular complexity index is 1240. The van der Waals surface area contributed by atoms with Crippen molar-refractivity contribution in [3.8, 4) is 0 Å². The standard InChI is InChI=1S/C23H24ClN3O4S/c1-16(28)18-5-9-20(10-6-18)32(29,30)27-12-11-23-21(13-27)22(25-26(23)2)15-31-14-17-3-7-19(24)8-4-17/h3-10H,11-15H2,1-2H3. The minimum atomic E-state index is -3.69. The van der Waals surface area contributed by atoms with Gasteiger partial charge in [-0.3, -0.25) is 9.48 Å². The van der Waals surface area contributed by atoms with Crippen LogP contribution in [0.4, 0.5) is 0 Å². The fraction of sp³-hybridized carbons (Fsp3) is 0.304. The molecule has 0 aliphatic carbocycles. The molecule has 0 unspecified atom stereocenters. The van der Waals surface area contributed by atoms with Crippen molar-refractivity contribution in [2.45, 2.75) is 38.0 Å². The number of carbonyl (C=O) groups excluding carboxylic acids is 1. The van der Waals surface area contributed by atoms with Gasteiger partial charge in [-0.1, -0.05) is 35.9 Å². The Labute approximate surface area is 192 Å². The number of halogens is 1. The first kappa shape index (κ1) is 22.7. The monoisotopic (exact) mass is 473 g/mol. The van der Waals surface area contributed by atoms with E-state index in [9.17, 15) is 13.2 Å². The Morgan fingerprint density at radius 3 is 2.44 bits per heavy atom. The second kappa shape index (κ2) is 9.15. The van der Waals surface area contributed by atoms with Gasteiger partial charge in [0.2, 0.25) is 10.0 Å². The molecule has 2 heterocycles. The number of aryl methyl sites for hydroxylation is 1. The summed E-state index contributed by atoms with van der Waals surface area (Å²) in [6.45, 7) is 2.75. The lowest BCUT2D eigenvalue weighted by Crippen LogP contribution is -2.36. The van der Waals surface area contributed by atoms with Gasteiger partial charge < -0.3 is 4.74 Å². The highest BCUT2D eigenvalue weighted by Crippen LogP contribution is 2.28. The molecule has 0 saturated carbocycles. The fourth-order valence-corrected chi connectivity index (χ4v) is 5.36. The zero-order chi connectivity index (χ0) is 22.9. The van der Waals surface area contributed by atoms with Crippen molar-refractivity contribution in [3.63, 3.8) is 0 Å². The number of aromatic nitrogens is 2. The number of rotatable bonds is 7. The number of fused-ring (bicyclic) bond motifs is 1. The summed E-state index contributed by atoms with van der Waals surface area (Å²) >= 11 is 5.92. The van der Waals surface area contributed by atoms with Gasteiger partial charge in [0.05, 0.1) is 23.8 Å². The lowest BCUT2D eigenvalue weighted by atomic mass is 10.1. The molecule has 9 heteroatoms. The third kappa shape index (κ3) is 4.63. The van der Waals surface area contributed by atoms with E-state index in [0.29, 0.717) is 30.2 Å². The summed E-state index contributed by atoms with van der Waals surface area (Å²) in [5, 5.41) is 5.24. The van der Waals surface area contributed by atoms with Crippen LogP contribution in [0.1, 0.15) is 39.8 Å². The first-order chi connectivity index (χ1) is 15.3. The molecule has 0 bridgehead atoms. The Hall–Kier alpha value is -2.52. The van der Waals surface area contributed by atoms with Crippen molar-refractivity contribution in [2.75, 3.05) is 6.54 Å². The van der Waals surface area contributed by atoms with Crippen molar-refractivity contribution < 1.29 is 17.9 Å². The topological polar surface area (TPSA) is 81.5 Å². The normalized spacial score (nSPS) is 14.3. The van der Waals surface area contributed by atoms with Crippen molar-refractivity contribution in [1.82, 2.24) is 14.1 Å². The Morgan fingerprint density at radius 2 is 1.78 bits per heavy atom. The first-order valence-electron chi connectivity index (χ1n) is 10.2. The van der Waals surface area contributed by atoms with Crippen LogP contribution in [-0.2, 0) is 48.0 Å². The highest BCUT2D eigenvalue weighted by atomic mass is 35.5. The number of ether oxygens (including phenoxy) is 1. The molecule has 0 amide bonds. The minimum Gasteiger partial charge on any atom is -0.370 e. The van der Waals surface area contributed by atoms with Gasteiger partial charge in [-0.05, 0) is 36.8 Å². The summed E-state index contributed by atoms with van der Waals surface area (Å²) in [6.07, 6.45) is 0.570. The second-order valence-electron chi connectivity index (χ2n) is 7.78. The van der Waals surface area contributed by atoms with E-state index >= 15 is 0 Å². The van der Waals surface area contributed by atoms with E-state index in [1.54, 1.807) is 12.1 Å². The summed E-state index contributed by atoms with van der Waals surface area (Å²) in [5.41, 5.74) is 4.13. The van der Waals surface area contributed by atoms with Crippen LogP contribution in [0.25, 0.3) is 0 Å². The summed E-state index contributed by atoms with van der Waals surface area (Å²) in [5.74, 6) is -0.102. The molecular formula is C23H24ClN3O4S. The van der Waals surface area contributed by atoms with Crippen LogP contribution in [0.15, 0.2) is 53.4 Å². The van der Waals surface area contributed by atoms with Gasteiger partial charge in [0.15, 0.2) is 5.78 Å². The smallest absolute Gasteiger partial charge is 0.243 e. The third-order valence-corrected chi connectivity index (χ3v) is 7.72. The molecule has 0 spiro atoms. The van der Waals surface area contributed by atoms with Crippen molar-refractivity contribution in [3.05, 3.63) is 81.6 Å². The number of hydrogen-bond donors (Lipinski definition) is 0. The molecule has 168 valence electrons. The van der Waals surface area contributed by atoms with E-state index in [4.69, 9.17) is 16.3 Å². The van der Waals surface area contributed by atoms with Crippen molar-refractivity contribution in [1.29, 1.82) is 0 Å². The molecular weight excluding hydrogens is 450 g/mol. The van der Waals surface area contributed by atoms with Gasteiger partial charge in [0.1, 0.15) is 0 Å². The number of benzene rings is 2.